The lowest BCUT2D eigenvalue weighted by atomic mass is 10.1. The van der Waals surface area contributed by atoms with Gasteiger partial charge in [0.2, 0.25) is 11.8 Å². The molecule has 1 N–H and O–H groups in total. The Labute approximate surface area is 271 Å². The first-order valence-corrected chi connectivity index (χ1v) is 16.6. The van der Waals surface area contributed by atoms with Crippen molar-refractivity contribution in [2.75, 3.05) is 45.3 Å². The number of carbonyl (C=O) groups is 2. The molecule has 1 atom stereocenters. The molecule has 3 rings (SSSR count). The van der Waals surface area contributed by atoms with Crippen LogP contribution in [0.5, 0.6) is 17.2 Å². The summed E-state index contributed by atoms with van der Waals surface area (Å²) in [6.45, 7) is 3.90. The zero-order valence-corrected chi connectivity index (χ0v) is 28.0. The van der Waals surface area contributed by atoms with Crippen molar-refractivity contribution in [2.24, 2.45) is 0 Å². The molecule has 0 aromatic heterocycles. The van der Waals surface area contributed by atoms with Crippen molar-refractivity contribution >= 4 is 39.1 Å². The predicted molar refractivity (Wildman–Crippen MR) is 176 cm³/mol. The molecule has 0 aliphatic carbocycles. The molecule has 10 nitrogen and oxygen atoms in total. The summed E-state index contributed by atoms with van der Waals surface area (Å²) in [6.07, 6.45) is 2.50. The van der Waals surface area contributed by atoms with Crippen LogP contribution in [0.15, 0.2) is 71.6 Å². The van der Waals surface area contributed by atoms with Crippen LogP contribution in [0.2, 0.25) is 5.02 Å². The van der Waals surface area contributed by atoms with Crippen molar-refractivity contribution in [1.29, 1.82) is 0 Å². The van der Waals surface area contributed by atoms with Crippen LogP contribution < -0.4 is 23.8 Å². The number of nitrogens with one attached hydrogen (secondary N) is 1. The van der Waals surface area contributed by atoms with Gasteiger partial charge in [0.25, 0.3) is 10.0 Å². The molecule has 0 unspecified atom stereocenters. The van der Waals surface area contributed by atoms with Crippen LogP contribution in [0.3, 0.4) is 0 Å². The van der Waals surface area contributed by atoms with Gasteiger partial charge in [-0.15, -0.1) is 0 Å². The van der Waals surface area contributed by atoms with Crippen molar-refractivity contribution in [2.45, 2.75) is 50.5 Å². The lowest BCUT2D eigenvalue weighted by Gasteiger charge is -2.33. The Morgan fingerprint density at radius 3 is 2.18 bits per heavy atom. The first-order valence-electron chi connectivity index (χ1n) is 14.8. The minimum atomic E-state index is -4.42. The summed E-state index contributed by atoms with van der Waals surface area (Å²) in [5.41, 5.74) is 1.04. The molecule has 3 aromatic rings. The Hall–Kier alpha value is -3.96. The number of rotatable bonds is 17. The molecule has 0 aliphatic heterocycles. The lowest BCUT2D eigenvalue weighted by Crippen LogP contribution is -2.53. The van der Waals surface area contributed by atoms with E-state index in [4.69, 9.17) is 25.8 Å². The normalized spacial score (nSPS) is 11.8. The number of amides is 2. The van der Waals surface area contributed by atoms with Crippen molar-refractivity contribution in [1.82, 2.24) is 10.2 Å². The number of anilines is 1. The Morgan fingerprint density at radius 1 is 0.889 bits per heavy atom. The van der Waals surface area contributed by atoms with E-state index in [1.165, 1.54) is 56.6 Å². The van der Waals surface area contributed by atoms with E-state index in [1.807, 2.05) is 44.2 Å². The van der Waals surface area contributed by atoms with Gasteiger partial charge >= 0.3 is 0 Å². The smallest absolute Gasteiger partial charge is 0.265 e. The molecule has 45 heavy (non-hydrogen) atoms. The number of sulfonamides is 1. The van der Waals surface area contributed by atoms with Crippen LogP contribution in [0.4, 0.5) is 5.69 Å². The van der Waals surface area contributed by atoms with E-state index in [0.717, 1.165) is 22.7 Å². The molecule has 0 radical (unpaired) electrons. The summed E-state index contributed by atoms with van der Waals surface area (Å²) in [6, 6.07) is 17.5. The van der Waals surface area contributed by atoms with E-state index in [2.05, 4.69) is 5.32 Å². The van der Waals surface area contributed by atoms with Gasteiger partial charge in [-0.3, -0.25) is 13.9 Å². The van der Waals surface area contributed by atoms with Gasteiger partial charge in [0.1, 0.15) is 18.3 Å². The standard InChI is InChI=1S/C33H42ClN3O7S/c1-6-8-19-35-33(39)27(7-2)36(20-18-24-12-10-9-11-13-24)32(38)23-37(28-21-25(34)14-16-29(28)42-3)45(40,41)26-15-17-30(43-4)31(22-26)44-5/h9-17,21-22,27H,6-8,18-20,23H2,1-5H3,(H,35,39)/t27-/m0/s1. The molecule has 0 saturated carbocycles. The number of ether oxygens (including phenoxy) is 3. The average molecular weight is 660 g/mol. The fourth-order valence-corrected chi connectivity index (χ4v) is 6.48. The Kier molecular flexibility index (Phi) is 13.4. The van der Waals surface area contributed by atoms with Gasteiger partial charge in [0, 0.05) is 24.2 Å². The second-order valence-electron chi connectivity index (χ2n) is 10.2. The maximum atomic E-state index is 14.3. The molecule has 12 heteroatoms. The van der Waals surface area contributed by atoms with E-state index < -0.39 is 28.5 Å². The highest BCUT2D eigenvalue weighted by atomic mass is 35.5. The fourth-order valence-electron chi connectivity index (χ4n) is 4.88. The van der Waals surface area contributed by atoms with Gasteiger partial charge in [-0.2, -0.15) is 0 Å². The Bertz CT molecular complexity index is 1540. The number of carbonyl (C=O) groups excluding carboxylic acids is 2. The highest BCUT2D eigenvalue weighted by Crippen LogP contribution is 2.37. The van der Waals surface area contributed by atoms with Crippen LogP contribution in [0.1, 0.15) is 38.7 Å². The third-order valence-electron chi connectivity index (χ3n) is 7.33. The van der Waals surface area contributed by atoms with Gasteiger partial charge in [-0.05, 0) is 55.2 Å². The summed E-state index contributed by atoms with van der Waals surface area (Å²) >= 11 is 6.33. The SMILES string of the molecule is CCCCNC(=O)[C@H](CC)N(CCc1ccccc1)C(=O)CN(c1cc(Cl)ccc1OC)S(=O)(=O)c1ccc(OC)c(OC)c1. The largest absolute Gasteiger partial charge is 0.495 e. The van der Waals surface area contributed by atoms with Crippen LogP contribution in [0.25, 0.3) is 0 Å². The number of nitrogens with zero attached hydrogens (tertiary/aromatic N) is 2. The minimum Gasteiger partial charge on any atom is -0.495 e. The maximum Gasteiger partial charge on any atom is 0.265 e. The number of halogens is 1. The molecule has 3 aromatic carbocycles. The highest BCUT2D eigenvalue weighted by Gasteiger charge is 2.35. The predicted octanol–water partition coefficient (Wildman–Crippen LogP) is 5.33. The topological polar surface area (TPSA) is 114 Å². The summed E-state index contributed by atoms with van der Waals surface area (Å²) in [5.74, 6) is -0.124. The number of unbranched alkanes of at least 4 members (excludes halogenated alkanes) is 1. The minimum absolute atomic E-state index is 0.0663. The molecule has 244 valence electrons. The van der Waals surface area contributed by atoms with Crippen LogP contribution in [-0.2, 0) is 26.0 Å². The van der Waals surface area contributed by atoms with Gasteiger partial charge in [0.15, 0.2) is 11.5 Å². The third-order valence-corrected chi connectivity index (χ3v) is 9.32. The van der Waals surface area contributed by atoms with E-state index >= 15 is 0 Å². The number of methoxy groups -OCH3 is 3. The highest BCUT2D eigenvalue weighted by molar-refractivity contribution is 7.92. The van der Waals surface area contributed by atoms with Gasteiger partial charge in [0.05, 0.1) is 31.9 Å². The van der Waals surface area contributed by atoms with Crippen LogP contribution in [-0.4, -0.2) is 72.1 Å². The molecule has 0 saturated heterocycles. The van der Waals surface area contributed by atoms with E-state index in [0.29, 0.717) is 25.1 Å². The molecular weight excluding hydrogens is 618 g/mol. The van der Waals surface area contributed by atoms with Crippen LogP contribution in [0, 0.1) is 0 Å². The lowest BCUT2D eigenvalue weighted by molar-refractivity contribution is -0.139. The number of benzene rings is 3. The Balaban J connectivity index is 2.10. The van der Waals surface area contributed by atoms with E-state index in [9.17, 15) is 18.0 Å². The maximum absolute atomic E-state index is 14.3. The quantitative estimate of drug-likeness (QED) is 0.195. The van der Waals surface area contributed by atoms with Crippen molar-refractivity contribution in [3.05, 3.63) is 77.3 Å². The molecule has 0 bridgehead atoms. The monoisotopic (exact) mass is 659 g/mol. The average Bonchev–Trinajstić information content (AvgIpc) is 3.05. The molecule has 2 amide bonds. The van der Waals surface area contributed by atoms with Gasteiger partial charge < -0.3 is 24.4 Å². The van der Waals surface area contributed by atoms with Gasteiger partial charge in [-0.1, -0.05) is 62.2 Å². The van der Waals surface area contributed by atoms with Gasteiger partial charge in [-0.25, -0.2) is 8.42 Å². The second kappa shape index (κ2) is 16.9. The number of hydrogen-bond donors (Lipinski definition) is 1. The summed E-state index contributed by atoms with van der Waals surface area (Å²) in [4.78, 5) is 29.0. The summed E-state index contributed by atoms with van der Waals surface area (Å²) in [5, 5.41) is 3.17. The van der Waals surface area contributed by atoms with E-state index in [-0.39, 0.29) is 39.6 Å². The summed E-state index contributed by atoms with van der Waals surface area (Å²) < 4.78 is 45.8. The molecular formula is C33H42ClN3O7S. The van der Waals surface area contributed by atoms with Crippen molar-refractivity contribution < 1.29 is 32.2 Å². The van der Waals surface area contributed by atoms with Crippen molar-refractivity contribution in [3.63, 3.8) is 0 Å². The molecule has 0 fully saturated rings. The molecule has 0 spiro atoms. The summed E-state index contributed by atoms with van der Waals surface area (Å²) in [7, 11) is -0.173. The second-order valence-corrected chi connectivity index (χ2v) is 12.5. The molecule has 0 heterocycles. The third kappa shape index (κ3) is 9.04. The Morgan fingerprint density at radius 2 is 1.56 bits per heavy atom. The first-order chi connectivity index (χ1) is 21.6. The zero-order chi connectivity index (χ0) is 33.0. The van der Waals surface area contributed by atoms with Crippen molar-refractivity contribution in [3.8, 4) is 17.2 Å². The van der Waals surface area contributed by atoms with Crippen LogP contribution >= 0.6 is 11.6 Å². The fraction of sp³-hybridized carbons (Fsp3) is 0.394. The van der Waals surface area contributed by atoms with E-state index in [1.54, 1.807) is 6.07 Å². The number of hydrogen-bond acceptors (Lipinski definition) is 7. The first kappa shape index (κ1) is 35.5. The molecule has 0 aliphatic rings. The zero-order valence-electron chi connectivity index (χ0n) is 26.4.